The molecule has 3 rings (SSSR count). The monoisotopic (exact) mass is 277 g/mol. The number of ether oxygens (including phenoxy) is 1. The van der Waals surface area contributed by atoms with Crippen molar-refractivity contribution < 1.29 is 9.53 Å². The summed E-state index contributed by atoms with van der Waals surface area (Å²) in [4.78, 5) is 17.1. The van der Waals surface area contributed by atoms with Gasteiger partial charge in [-0.15, -0.1) is 0 Å². The van der Waals surface area contributed by atoms with E-state index in [4.69, 9.17) is 4.74 Å². The van der Waals surface area contributed by atoms with Gasteiger partial charge in [-0.25, -0.2) is 4.98 Å². The molecule has 2 aromatic carbocycles. The Morgan fingerprint density at radius 3 is 2.67 bits per heavy atom. The summed E-state index contributed by atoms with van der Waals surface area (Å²) < 4.78 is 5.28. The van der Waals surface area contributed by atoms with Crippen LogP contribution in [0, 0.1) is 6.92 Å². The number of nitrogens with zero attached hydrogens (tertiary/aromatic N) is 1. The van der Waals surface area contributed by atoms with Crippen molar-refractivity contribution in [2.45, 2.75) is 6.92 Å². The fourth-order valence-electron chi connectivity index (χ4n) is 2.33. The average Bonchev–Trinajstić information content (AvgIpc) is 2.53. The van der Waals surface area contributed by atoms with Gasteiger partial charge in [0, 0.05) is 5.39 Å². The quantitative estimate of drug-likeness (QED) is 0.684. The van der Waals surface area contributed by atoms with Crippen molar-refractivity contribution in [3.8, 4) is 5.75 Å². The Balaban J connectivity index is 2.10. The maximum absolute atomic E-state index is 12.7. The van der Waals surface area contributed by atoms with E-state index in [-0.39, 0.29) is 5.78 Å². The first kappa shape index (κ1) is 13.3. The highest BCUT2D eigenvalue weighted by molar-refractivity contribution is 6.10. The molecule has 0 radical (unpaired) electrons. The van der Waals surface area contributed by atoms with E-state index in [0.29, 0.717) is 17.0 Å². The maximum Gasteiger partial charge on any atom is 0.215 e. The van der Waals surface area contributed by atoms with Crippen LogP contribution in [-0.2, 0) is 0 Å². The Bertz CT molecular complexity index is 824. The highest BCUT2D eigenvalue weighted by Crippen LogP contribution is 2.23. The molecule has 3 aromatic rings. The van der Waals surface area contributed by atoms with Crippen molar-refractivity contribution >= 4 is 16.7 Å². The number of aromatic nitrogens is 1. The van der Waals surface area contributed by atoms with Gasteiger partial charge in [0.05, 0.1) is 18.2 Å². The van der Waals surface area contributed by atoms with E-state index in [1.54, 1.807) is 13.2 Å². The smallest absolute Gasteiger partial charge is 0.215 e. The molecule has 0 spiro atoms. The maximum atomic E-state index is 12.7. The minimum absolute atomic E-state index is 0.124. The molecule has 0 aliphatic rings. The van der Waals surface area contributed by atoms with Crippen molar-refractivity contribution in [2.24, 2.45) is 0 Å². The summed E-state index contributed by atoms with van der Waals surface area (Å²) in [5, 5.41) is 1.02. The van der Waals surface area contributed by atoms with Crippen molar-refractivity contribution in [2.75, 3.05) is 7.11 Å². The molecule has 0 bridgehead atoms. The summed E-state index contributed by atoms with van der Waals surface area (Å²) in [5.41, 5.74) is 2.80. The molecular formula is C18H15NO2. The highest BCUT2D eigenvalue weighted by atomic mass is 16.5. The Labute approximate surface area is 123 Å². The number of carbonyl (C=O) groups excluding carboxylic acids is 1. The van der Waals surface area contributed by atoms with Crippen molar-refractivity contribution in [1.82, 2.24) is 4.98 Å². The van der Waals surface area contributed by atoms with E-state index < -0.39 is 0 Å². The molecule has 0 saturated carbocycles. The Morgan fingerprint density at radius 2 is 1.86 bits per heavy atom. The number of rotatable bonds is 3. The molecule has 0 N–H and O–H groups in total. The Morgan fingerprint density at radius 1 is 1.05 bits per heavy atom. The predicted molar refractivity (Wildman–Crippen MR) is 82.9 cm³/mol. The van der Waals surface area contributed by atoms with Gasteiger partial charge in [0.15, 0.2) is 0 Å². The van der Waals surface area contributed by atoms with E-state index in [0.717, 1.165) is 16.5 Å². The van der Waals surface area contributed by atoms with Crippen molar-refractivity contribution in [3.05, 3.63) is 71.4 Å². The third kappa shape index (κ3) is 2.50. The molecule has 0 unspecified atom stereocenters. The molecule has 3 heteroatoms. The zero-order valence-electron chi connectivity index (χ0n) is 12.0. The second kappa shape index (κ2) is 5.37. The summed E-state index contributed by atoms with van der Waals surface area (Å²) in [6.45, 7) is 1.95. The largest absolute Gasteiger partial charge is 0.496 e. The van der Waals surface area contributed by atoms with Gasteiger partial charge in [-0.1, -0.05) is 35.9 Å². The molecule has 3 nitrogen and oxygen atoms in total. The summed E-state index contributed by atoms with van der Waals surface area (Å²) in [6.07, 6.45) is 0. The first-order valence-electron chi connectivity index (χ1n) is 6.74. The molecule has 0 aliphatic heterocycles. The molecule has 0 aliphatic carbocycles. The number of methoxy groups -OCH3 is 1. The van der Waals surface area contributed by atoms with Crippen LogP contribution < -0.4 is 4.74 Å². The third-order valence-electron chi connectivity index (χ3n) is 3.43. The van der Waals surface area contributed by atoms with Crippen LogP contribution in [0.4, 0.5) is 0 Å². The number of hydrogen-bond donors (Lipinski definition) is 0. The second-order valence-electron chi connectivity index (χ2n) is 4.92. The van der Waals surface area contributed by atoms with Gasteiger partial charge >= 0.3 is 0 Å². The van der Waals surface area contributed by atoms with Crippen LogP contribution in [0.2, 0.25) is 0 Å². The molecule has 0 fully saturated rings. The standard InChI is InChI=1S/C18H15NO2/c1-12-7-10-17(21-2)14(11-12)18(20)16-9-8-13-5-3-4-6-15(13)19-16/h3-11H,1-2H3. The number of aryl methyl sites for hydroxylation is 1. The van der Waals surface area contributed by atoms with Gasteiger partial charge in [0.2, 0.25) is 5.78 Å². The van der Waals surface area contributed by atoms with Gasteiger partial charge < -0.3 is 4.74 Å². The molecular weight excluding hydrogens is 262 g/mol. The van der Waals surface area contributed by atoms with Gasteiger partial charge in [-0.05, 0) is 31.2 Å². The average molecular weight is 277 g/mol. The van der Waals surface area contributed by atoms with Crippen molar-refractivity contribution in [1.29, 1.82) is 0 Å². The second-order valence-corrected chi connectivity index (χ2v) is 4.92. The van der Waals surface area contributed by atoms with Gasteiger partial charge in [0.1, 0.15) is 11.4 Å². The molecule has 1 heterocycles. The Hall–Kier alpha value is -2.68. The van der Waals surface area contributed by atoms with Gasteiger partial charge in [0.25, 0.3) is 0 Å². The fourth-order valence-corrected chi connectivity index (χ4v) is 2.33. The SMILES string of the molecule is COc1ccc(C)cc1C(=O)c1ccc2ccccc2n1. The molecule has 0 atom stereocenters. The number of benzene rings is 2. The zero-order valence-corrected chi connectivity index (χ0v) is 12.0. The van der Waals surface area contributed by atoms with Crippen LogP contribution in [0.3, 0.4) is 0 Å². The number of pyridine rings is 1. The van der Waals surface area contributed by atoms with Crippen LogP contribution in [0.5, 0.6) is 5.75 Å². The summed E-state index contributed by atoms with van der Waals surface area (Å²) >= 11 is 0. The molecule has 0 saturated heterocycles. The van der Waals surface area contributed by atoms with Crippen molar-refractivity contribution in [3.63, 3.8) is 0 Å². The lowest BCUT2D eigenvalue weighted by molar-refractivity contribution is 0.103. The van der Waals surface area contributed by atoms with E-state index in [1.165, 1.54) is 0 Å². The summed E-state index contributed by atoms with van der Waals surface area (Å²) in [5.74, 6) is 0.446. The number of fused-ring (bicyclic) bond motifs is 1. The van der Waals surface area contributed by atoms with Crippen LogP contribution >= 0.6 is 0 Å². The first-order valence-corrected chi connectivity index (χ1v) is 6.74. The minimum Gasteiger partial charge on any atom is -0.496 e. The zero-order chi connectivity index (χ0) is 14.8. The van der Waals surface area contributed by atoms with Gasteiger partial charge in [-0.2, -0.15) is 0 Å². The minimum atomic E-state index is -0.124. The molecule has 21 heavy (non-hydrogen) atoms. The van der Waals surface area contributed by atoms with Crippen LogP contribution in [0.15, 0.2) is 54.6 Å². The third-order valence-corrected chi connectivity index (χ3v) is 3.43. The number of para-hydroxylation sites is 1. The lowest BCUT2D eigenvalue weighted by Crippen LogP contribution is -2.06. The van der Waals surface area contributed by atoms with E-state index in [2.05, 4.69) is 4.98 Å². The molecule has 104 valence electrons. The lowest BCUT2D eigenvalue weighted by Gasteiger charge is -2.08. The number of ketones is 1. The molecule has 0 amide bonds. The predicted octanol–water partition coefficient (Wildman–Crippen LogP) is 3.78. The molecule has 1 aromatic heterocycles. The van der Waals surface area contributed by atoms with Crippen LogP contribution in [0.25, 0.3) is 10.9 Å². The fraction of sp³-hybridized carbons (Fsp3) is 0.111. The number of hydrogen-bond acceptors (Lipinski definition) is 3. The topological polar surface area (TPSA) is 39.2 Å². The summed E-state index contributed by atoms with van der Waals surface area (Å²) in [6, 6.07) is 17.0. The lowest BCUT2D eigenvalue weighted by atomic mass is 10.0. The van der Waals surface area contributed by atoms with Crippen LogP contribution in [-0.4, -0.2) is 17.9 Å². The van der Waals surface area contributed by atoms with E-state index in [9.17, 15) is 4.79 Å². The summed E-state index contributed by atoms with van der Waals surface area (Å²) in [7, 11) is 1.56. The number of carbonyl (C=O) groups is 1. The first-order chi connectivity index (χ1) is 10.2. The van der Waals surface area contributed by atoms with Crippen LogP contribution in [0.1, 0.15) is 21.6 Å². The van der Waals surface area contributed by atoms with E-state index >= 15 is 0 Å². The Kier molecular flexibility index (Phi) is 3.40. The van der Waals surface area contributed by atoms with E-state index in [1.807, 2.05) is 55.5 Å². The normalized spacial score (nSPS) is 10.6. The highest BCUT2D eigenvalue weighted by Gasteiger charge is 2.16. The van der Waals surface area contributed by atoms with Gasteiger partial charge in [-0.3, -0.25) is 4.79 Å².